The summed E-state index contributed by atoms with van der Waals surface area (Å²) in [5.74, 6) is 0. The van der Waals surface area contributed by atoms with Crippen LogP contribution in [0, 0.1) is 10.1 Å². The van der Waals surface area contributed by atoms with E-state index in [4.69, 9.17) is 0 Å². The maximum Gasteiger partial charge on any atom is 0.271 e. The molecule has 2 aromatic rings. The van der Waals surface area contributed by atoms with Crippen molar-refractivity contribution in [1.29, 1.82) is 0 Å². The molecule has 6 heteroatoms. The molecule has 0 atom stereocenters. The molecule has 0 aliphatic heterocycles. The molecule has 92 valence electrons. The van der Waals surface area contributed by atoms with Crippen LogP contribution in [0.5, 0.6) is 0 Å². The van der Waals surface area contributed by atoms with Crippen LogP contribution in [0.15, 0.2) is 46.9 Å². The Morgan fingerprint density at radius 2 is 2.22 bits per heavy atom. The van der Waals surface area contributed by atoms with Crippen molar-refractivity contribution in [1.82, 2.24) is 0 Å². The van der Waals surface area contributed by atoms with Crippen LogP contribution < -0.4 is 5.43 Å². The van der Waals surface area contributed by atoms with Crippen LogP contribution in [0.3, 0.4) is 0 Å². The first-order valence-electron chi connectivity index (χ1n) is 5.25. The van der Waals surface area contributed by atoms with Crippen molar-refractivity contribution in [3.05, 3.63) is 56.8 Å². The largest absolute Gasteiger partial charge is 0.278 e. The van der Waals surface area contributed by atoms with Crippen LogP contribution in [0.2, 0.25) is 0 Å². The average Bonchev–Trinajstić information content (AvgIpc) is 2.90. The molecular formula is C12H11N3O2S. The van der Waals surface area contributed by atoms with E-state index in [1.807, 2.05) is 24.4 Å². The van der Waals surface area contributed by atoms with Crippen molar-refractivity contribution in [2.24, 2.45) is 5.10 Å². The molecule has 0 fully saturated rings. The van der Waals surface area contributed by atoms with Crippen LogP contribution in [-0.2, 0) is 0 Å². The van der Waals surface area contributed by atoms with Crippen LogP contribution >= 0.6 is 11.3 Å². The van der Waals surface area contributed by atoms with Crippen molar-refractivity contribution in [2.75, 3.05) is 5.43 Å². The topological polar surface area (TPSA) is 67.5 Å². The van der Waals surface area contributed by atoms with Gasteiger partial charge in [0.2, 0.25) is 0 Å². The van der Waals surface area contributed by atoms with Crippen LogP contribution in [0.4, 0.5) is 11.4 Å². The molecule has 1 aromatic carbocycles. The summed E-state index contributed by atoms with van der Waals surface area (Å²) >= 11 is 1.60. The van der Waals surface area contributed by atoms with Crippen molar-refractivity contribution in [2.45, 2.75) is 6.92 Å². The summed E-state index contributed by atoms with van der Waals surface area (Å²) < 4.78 is 0. The number of nitrogens with zero attached hydrogens (tertiary/aromatic N) is 2. The first-order chi connectivity index (χ1) is 8.66. The Kier molecular flexibility index (Phi) is 3.69. The molecule has 0 aliphatic carbocycles. The third-order valence-electron chi connectivity index (χ3n) is 2.29. The van der Waals surface area contributed by atoms with Crippen molar-refractivity contribution in [3.63, 3.8) is 0 Å². The maximum atomic E-state index is 10.6. The number of nitro benzene ring substituents is 1. The highest BCUT2D eigenvalue weighted by atomic mass is 32.1. The van der Waals surface area contributed by atoms with Gasteiger partial charge in [0, 0.05) is 17.0 Å². The third-order valence-corrected chi connectivity index (χ3v) is 3.27. The van der Waals surface area contributed by atoms with E-state index in [0.29, 0.717) is 5.69 Å². The van der Waals surface area contributed by atoms with E-state index in [1.165, 1.54) is 12.1 Å². The fourth-order valence-electron chi connectivity index (χ4n) is 1.38. The van der Waals surface area contributed by atoms with Crippen LogP contribution in [0.1, 0.15) is 11.8 Å². The first kappa shape index (κ1) is 12.3. The van der Waals surface area contributed by atoms with Gasteiger partial charge in [0.25, 0.3) is 5.69 Å². The molecule has 1 N–H and O–H groups in total. The lowest BCUT2D eigenvalue weighted by Gasteiger charge is -2.01. The zero-order chi connectivity index (χ0) is 13.0. The first-order valence-corrected chi connectivity index (χ1v) is 6.13. The highest BCUT2D eigenvalue weighted by Crippen LogP contribution is 2.17. The number of rotatable bonds is 4. The molecule has 0 spiro atoms. The molecule has 18 heavy (non-hydrogen) atoms. The summed E-state index contributed by atoms with van der Waals surface area (Å²) in [7, 11) is 0. The Balaban J connectivity index is 2.13. The van der Waals surface area contributed by atoms with Crippen LogP contribution in [-0.4, -0.2) is 10.6 Å². The molecule has 0 bridgehead atoms. The number of anilines is 1. The monoisotopic (exact) mass is 261 g/mol. The molecule has 0 amide bonds. The highest BCUT2D eigenvalue weighted by molar-refractivity contribution is 7.12. The smallest absolute Gasteiger partial charge is 0.271 e. The van der Waals surface area contributed by atoms with Gasteiger partial charge in [-0.3, -0.25) is 15.5 Å². The number of nitrogens with one attached hydrogen (secondary N) is 1. The Morgan fingerprint density at radius 1 is 1.39 bits per heavy atom. The molecule has 1 aromatic heterocycles. The summed E-state index contributed by atoms with van der Waals surface area (Å²) in [6.45, 7) is 1.89. The van der Waals surface area contributed by atoms with E-state index in [0.717, 1.165) is 10.6 Å². The average molecular weight is 261 g/mol. The second-order valence-electron chi connectivity index (χ2n) is 3.59. The lowest BCUT2D eigenvalue weighted by molar-refractivity contribution is -0.384. The number of nitro groups is 1. The minimum Gasteiger partial charge on any atom is -0.278 e. The van der Waals surface area contributed by atoms with E-state index in [9.17, 15) is 10.1 Å². The highest BCUT2D eigenvalue weighted by Gasteiger charge is 2.05. The summed E-state index contributed by atoms with van der Waals surface area (Å²) in [4.78, 5) is 11.3. The van der Waals surface area contributed by atoms with E-state index in [2.05, 4.69) is 10.5 Å². The number of benzene rings is 1. The van der Waals surface area contributed by atoms with Crippen molar-refractivity contribution in [3.8, 4) is 0 Å². The molecule has 0 saturated carbocycles. The third kappa shape index (κ3) is 2.92. The number of non-ortho nitro benzene ring substituents is 1. The molecule has 5 nitrogen and oxygen atoms in total. The quantitative estimate of drug-likeness (QED) is 0.520. The number of hydrogen-bond donors (Lipinski definition) is 1. The second-order valence-corrected chi connectivity index (χ2v) is 4.54. The van der Waals surface area contributed by atoms with Gasteiger partial charge in [-0.05, 0) is 24.4 Å². The zero-order valence-electron chi connectivity index (χ0n) is 9.66. The summed E-state index contributed by atoms with van der Waals surface area (Å²) in [6, 6.07) is 10.2. The lowest BCUT2D eigenvalue weighted by atomic mass is 10.3. The number of hydrogen-bond acceptors (Lipinski definition) is 5. The Morgan fingerprint density at radius 3 is 2.89 bits per heavy atom. The molecule has 2 rings (SSSR count). The molecule has 1 heterocycles. The van der Waals surface area contributed by atoms with Gasteiger partial charge < -0.3 is 0 Å². The van der Waals surface area contributed by atoms with Crippen molar-refractivity contribution >= 4 is 28.4 Å². The maximum absolute atomic E-state index is 10.6. The van der Waals surface area contributed by atoms with E-state index < -0.39 is 4.92 Å². The van der Waals surface area contributed by atoms with Gasteiger partial charge >= 0.3 is 0 Å². The van der Waals surface area contributed by atoms with Gasteiger partial charge in [0.15, 0.2) is 0 Å². The van der Waals surface area contributed by atoms with Gasteiger partial charge in [-0.1, -0.05) is 12.1 Å². The van der Waals surface area contributed by atoms with E-state index in [1.54, 1.807) is 23.5 Å². The zero-order valence-corrected chi connectivity index (χ0v) is 10.5. The molecule has 0 aliphatic rings. The lowest BCUT2D eigenvalue weighted by Crippen LogP contribution is -1.97. The fraction of sp³-hybridized carbons (Fsp3) is 0.0833. The van der Waals surface area contributed by atoms with Gasteiger partial charge in [0.1, 0.15) is 0 Å². The minimum absolute atomic E-state index is 0.0453. The van der Waals surface area contributed by atoms with Gasteiger partial charge in [-0.2, -0.15) is 5.10 Å². The fourth-order valence-corrected chi connectivity index (χ4v) is 2.05. The molecule has 0 unspecified atom stereocenters. The predicted octanol–water partition coefficient (Wildman–Crippen LogP) is 3.49. The molecule has 0 saturated heterocycles. The van der Waals surface area contributed by atoms with Gasteiger partial charge in [-0.25, -0.2) is 0 Å². The normalized spacial score (nSPS) is 11.3. The van der Waals surface area contributed by atoms with E-state index >= 15 is 0 Å². The molecule has 0 radical (unpaired) electrons. The Bertz CT molecular complexity index is 579. The van der Waals surface area contributed by atoms with Gasteiger partial charge in [0.05, 0.1) is 16.3 Å². The number of thiophene rings is 1. The minimum atomic E-state index is -0.430. The SMILES string of the molecule is C/C(=N/Nc1cccc([N+](=O)[O-])c1)c1cccs1. The van der Waals surface area contributed by atoms with Gasteiger partial charge in [-0.15, -0.1) is 11.3 Å². The Hall–Kier alpha value is -2.21. The van der Waals surface area contributed by atoms with Crippen molar-refractivity contribution < 1.29 is 4.92 Å². The summed E-state index contributed by atoms with van der Waals surface area (Å²) in [5, 5.41) is 16.8. The summed E-state index contributed by atoms with van der Waals surface area (Å²) in [5.41, 5.74) is 4.30. The molecular weight excluding hydrogens is 250 g/mol. The van der Waals surface area contributed by atoms with Crippen LogP contribution in [0.25, 0.3) is 0 Å². The van der Waals surface area contributed by atoms with E-state index in [-0.39, 0.29) is 5.69 Å². The predicted molar refractivity (Wildman–Crippen MR) is 73.2 cm³/mol. The second kappa shape index (κ2) is 5.42. The standard InChI is InChI=1S/C12H11N3O2S/c1-9(12-6-3-7-18-12)13-14-10-4-2-5-11(8-10)15(16)17/h2-8,14H,1H3/b13-9-. The Labute approximate surface area is 108 Å². The summed E-state index contributed by atoms with van der Waals surface area (Å²) in [6.07, 6.45) is 0. The number of hydrazone groups is 1.